The van der Waals surface area contributed by atoms with Crippen molar-refractivity contribution in [3.8, 4) is 0 Å². The second kappa shape index (κ2) is 11.6. The third-order valence-electron chi connectivity index (χ3n) is 1.60. The van der Waals surface area contributed by atoms with Crippen LogP contribution in [0.1, 0.15) is 15.7 Å². The maximum Gasteiger partial charge on any atom is 1.00 e. The number of carbonyl (C=O) groups is 4. The molecule has 11 heteroatoms. The maximum absolute atomic E-state index is 10.6. The molecule has 0 aliphatic carbocycles. The molecule has 2 atom stereocenters. The van der Waals surface area contributed by atoms with Gasteiger partial charge in [0.1, 0.15) is 0 Å². The summed E-state index contributed by atoms with van der Waals surface area (Å²) in [4.78, 5) is 41.7. The van der Waals surface area contributed by atoms with Crippen LogP contribution in [0, 0.1) is 0 Å². The monoisotopic (exact) mass is 298 g/mol. The van der Waals surface area contributed by atoms with Crippen LogP contribution in [0.3, 0.4) is 0 Å². The number of hydrogen-bond donors (Lipinski definition) is 4. The van der Waals surface area contributed by atoms with E-state index in [1.165, 1.54) is 0 Å². The van der Waals surface area contributed by atoms with Crippen molar-refractivity contribution in [3.05, 3.63) is 0 Å². The number of aliphatic carboxylic acids is 4. The Hall–Kier alpha value is -0.160. The molecule has 0 aromatic heterocycles. The average molecular weight is 298 g/mol. The van der Waals surface area contributed by atoms with Crippen LogP contribution in [0.5, 0.6) is 0 Å². The summed E-state index contributed by atoms with van der Waals surface area (Å²) in [6.45, 7) is 0. The summed E-state index contributed by atoms with van der Waals surface area (Å²) < 4.78 is 4.43. The fraction of sp³-hybridized carbons (Fsp3) is 0.500. The van der Waals surface area contributed by atoms with Gasteiger partial charge in [-0.3, -0.25) is 9.59 Å². The first-order valence-electron chi connectivity index (χ1n) is 4.28. The number of carboxylic acid groups (broad SMARTS) is 4. The van der Waals surface area contributed by atoms with Crippen molar-refractivity contribution in [3.63, 3.8) is 0 Å². The fourth-order valence-corrected chi connectivity index (χ4v) is 0.903. The second-order valence-electron chi connectivity index (χ2n) is 2.99. The van der Waals surface area contributed by atoms with Crippen molar-refractivity contribution in [2.24, 2.45) is 0 Å². The van der Waals surface area contributed by atoms with Gasteiger partial charge in [-0.1, -0.05) is 0 Å². The van der Waals surface area contributed by atoms with Crippen molar-refractivity contribution in [2.45, 2.75) is 25.0 Å². The Morgan fingerprint density at radius 2 is 1.05 bits per heavy atom. The minimum absolute atomic E-state index is 0. The molecule has 2 unspecified atom stereocenters. The molecule has 0 saturated carbocycles. The van der Waals surface area contributed by atoms with Crippen LogP contribution in [-0.2, 0) is 23.9 Å². The van der Waals surface area contributed by atoms with Gasteiger partial charge in [0, 0.05) is 0 Å². The van der Waals surface area contributed by atoms with Gasteiger partial charge in [-0.2, -0.15) is 0 Å². The van der Waals surface area contributed by atoms with E-state index in [-0.39, 0.29) is 62.0 Å². The van der Waals surface area contributed by atoms with Gasteiger partial charge in [0.15, 0.2) is 12.2 Å². The molecule has 0 aliphatic heterocycles. The molecule has 0 aromatic carbocycles. The van der Waals surface area contributed by atoms with Crippen LogP contribution in [0.2, 0.25) is 0 Å². The van der Waals surface area contributed by atoms with E-state index in [1.807, 2.05) is 0 Å². The van der Waals surface area contributed by atoms with Gasteiger partial charge in [-0.05, 0) is 0 Å². The third kappa shape index (κ3) is 11.4. The summed E-state index contributed by atoms with van der Waals surface area (Å²) >= 11 is 0. The Labute approximate surface area is 154 Å². The molecule has 0 heterocycles. The van der Waals surface area contributed by atoms with E-state index >= 15 is 0 Å². The van der Waals surface area contributed by atoms with Gasteiger partial charge < -0.3 is 28.0 Å². The molecule has 19 heavy (non-hydrogen) atoms. The normalized spacial score (nSPS) is 12.2. The summed E-state index contributed by atoms with van der Waals surface area (Å²) in [6.07, 6.45) is -5.74. The zero-order valence-electron chi connectivity index (χ0n) is 12.4. The molecule has 100 valence electrons. The molecule has 0 saturated heterocycles. The van der Waals surface area contributed by atoms with Crippen molar-refractivity contribution in [1.29, 1.82) is 0 Å². The number of rotatable bonds is 8. The molecule has 0 spiro atoms. The number of carboxylic acids is 4. The minimum atomic E-state index is -1.91. The Morgan fingerprint density at radius 1 is 0.789 bits per heavy atom. The van der Waals surface area contributed by atoms with Gasteiger partial charge in [0.2, 0.25) is 0 Å². The van der Waals surface area contributed by atoms with E-state index in [2.05, 4.69) is 4.74 Å². The van der Waals surface area contributed by atoms with Crippen LogP contribution >= 0.6 is 0 Å². The zero-order valence-corrected chi connectivity index (χ0v) is 14.4. The fourth-order valence-electron chi connectivity index (χ4n) is 0.903. The molecule has 0 amide bonds. The number of ether oxygens (including phenoxy) is 1. The minimum Gasteiger partial charge on any atom is -1.00 e. The molecule has 0 rings (SSSR count). The van der Waals surface area contributed by atoms with Gasteiger partial charge in [0.05, 0.1) is 12.8 Å². The molecular formula is C8H12Na2O9. The zero-order chi connectivity index (χ0) is 13.6. The van der Waals surface area contributed by atoms with Crippen molar-refractivity contribution < 1.29 is 106 Å². The predicted octanol–water partition coefficient (Wildman–Crippen LogP) is -6.91. The second-order valence-corrected chi connectivity index (χ2v) is 2.99. The Bertz CT molecular complexity index is 321. The molecule has 9 nitrogen and oxygen atoms in total. The largest absolute Gasteiger partial charge is 1.00 e. The van der Waals surface area contributed by atoms with E-state index in [0.29, 0.717) is 0 Å². The summed E-state index contributed by atoms with van der Waals surface area (Å²) in [5.74, 6) is -6.36. The molecule has 0 radical (unpaired) electrons. The van der Waals surface area contributed by atoms with E-state index in [4.69, 9.17) is 20.4 Å². The van der Waals surface area contributed by atoms with Gasteiger partial charge >= 0.3 is 83.0 Å². The van der Waals surface area contributed by atoms with Gasteiger partial charge in [-0.15, -0.1) is 0 Å². The Balaban J connectivity index is -0.000000213. The van der Waals surface area contributed by atoms with E-state index < -0.39 is 48.9 Å². The molecule has 0 aliphatic rings. The quantitative estimate of drug-likeness (QED) is 0.319. The van der Waals surface area contributed by atoms with Crippen LogP contribution in [0.4, 0.5) is 0 Å². The summed E-state index contributed by atoms with van der Waals surface area (Å²) in [5.41, 5.74) is 0. The van der Waals surface area contributed by atoms with Crippen molar-refractivity contribution in [2.75, 3.05) is 0 Å². The predicted molar refractivity (Wildman–Crippen MR) is 50.7 cm³/mol. The molecule has 0 fully saturated rings. The SMILES string of the molecule is O=C(O)CC(OC(CC(=O)O)C(=O)O)C(=O)O.[H-].[H-].[Na+].[Na+]. The first-order valence-corrected chi connectivity index (χ1v) is 4.28. The smallest absolute Gasteiger partial charge is 1.00 e. The summed E-state index contributed by atoms with van der Waals surface area (Å²) in [5, 5.41) is 33.8. The molecule has 4 N–H and O–H groups in total. The van der Waals surface area contributed by atoms with E-state index in [1.54, 1.807) is 0 Å². The maximum atomic E-state index is 10.6. The van der Waals surface area contributed by atoms with E-state index in [0.717, 1.165) is 0 Å². The Morgan fingerprint density at radius 3 is 1.21 bits per heavy atom. The molecular weight excluding hydrogens is 286 g/mol. The van der Waals surface area contributed by atoms with Gasteiger partial charge in [-0.25, -0.2) is 9.59 Å². The first kappa shape index (κ1) is 23.9. The summed E-state index contributed by atoms with van der Waals surface area (Å²) in [6, 6.07) is 0. The van der Waals surface area contributed by atoms with Crippen molar-refractivity contribution in [1.82, 2.24) is 0 Å². The summed E-state index contributed by atoms with van der Waals surface area (Å²) in [7, 11) is 0. The topological polar surface area (TPSA) is 158 Å². The molecule has 0 bridgehead atoms. The first-order chi connectivity index (χ1) is 7.73. The molecule has 0 aromatic rings. The standard InChI is InChI=1S/C8H10O9.2Na.2H/c9-5(10)1-3(7(13)14)17-4(8(15)16)2-6(11)12;;;;/h3-4H,1-2H2,(H,9,10)(H,11,12)(H,13,14)(H,15,16);;;;/q;2*+1;2*-1. The number of hydrogen-bond acceptors (Lipinski definition) is 5. The third-order valence-corrected chi connectivity index (χ3v) is 1.60. The van der Waals surface area contributed by atoms with Crippen molar-refractivity contribution >= 4 is 23.9 Å². The van der Waals surface area contributed by atoms with Crippen LogP contribution in [0.25, 0.3) is 0 Å². The van der Waals surface area contributed by atoms with Crippen LogP contribution < -0.4 is 59.1 Å². The van der Waals surface area contributed by atoms with Gasteiger partial charge in [0.25, 0.3) is 0 Å². The Kier molecular flexibility index (Phi) is 14.7. The van der Waals surface area contributed by atoms with Crippen LogP contribution in [-0.4, -0.2) is 56.5 Å². The van der Waals surface area contributed by atoms with Crippen LogP contribution in [0.15, 0.2) is 0 Å². The average Bonchev–Trinajstić information content (AvgIpc) is 2.13. The van der Waals surface area contributed by atoms with E-state index in [9.17, 15) is 19.2 Å².